The lowest BCUT2D eigenvalue weighted by Crippen LogP contribution is -2.59. The van der Waals surface area contributed by atoms with Gasteiger partial charge in [0.15, 0.2) is 5.82 Å². The molecule has 0 saturated carbocycles. The molecule has 3 N–H and O–H groups in total. The highest BCUT2D eigenvalue weighted by Gasteiger charge is 2.33. The first-order valence-corrected chi connectivity index (χ1v) is 10.7. The van der Waals surface area contributed by atoms with Crippen LogP contribution in [0, 0.1) is 0 Å². The Morgan fingerprint density at radius 2 is 2.06 bits per heavy atom. The zero-order valence-corrected chi connectivity index (χ0v) is 19.4. The van der Waals surface area contributed by atoms with Gasteiger partial charge in [-0.3, -0.25) is 9.59 Å². The highest BCUT2D eigenvalue weighted by atomic mass is 35.5. The van der Waals surface area contributed by atoms with Crippen LogP contribution >= 0.6 is 35.3 Å². The summed E-state index contributed by atoms with van der Waals surface area (Å²) in [7, 11) is 1.61. The van der Waals surface area contributed by atoms with E-state index in [1.807, 2.05) is 17.5 Å². The lowest BCUT2D eigenvalue weighted by atomic mass is 10.1. The Hall–Kier alpha value is -2.66. The maximum atomic E-state index is 11.6. The number of nitrogens with two attached hydrogens (primary N) is 1. The van der Waals surface area contributed by atoms with Crippen LogP contribution in [0.15, 0.2) is 29.6 Å². The summed E-state index contributed by atoms with van der Waals surface area (Å²) >= 11 is 7.70. The van der Waals surface area contributed by atoms with Crippen LogP contribution in [0.5, 0.6) is 5.75 Å². The van der Waals surface area contributed by atoms with E-state index in [-0.39, 0.29) is 18.4 Å². The minimum Gasteiger partial charge on any atom is -0.490 e. The fraction of sp³-hybridized carbons (Fsp3) is 0.300. The van der Waals surface area contributed by atoms with Crippen LogP contribution in [0.2, 0.25) is 5.02 Å². The summed E-state index contributed by atoms with van der Waals surface area (Å²) in [6, 6.07) is 7.34. The number of hydrogen-bond acceptors (Lipinski definition) is 8. The van der Waals surface area contributed by atoms with Crippen molar-refractivity contribution in [3.8, 4) is 17.0 Å². The summed E-state index contributed by atoms with van der Waals surface area (Å²) in [5, 5.41) is 15.6. The van der Waals surface area contributed by atoms with Crippen LogP contribution in [0.1, 0.15) is 0 Å². The SMILES string of the molecule is COCCOc1cc(Cl)ccc1-c1nnc(NC2CN(C(=O)C(N)=O)C2)c2sccc12.Cl. The van der Waals surface area contributed by atoms with Crippen molar-refractivity contribution >= 4 is 63.1 Å². The van der Waals surface area contributed by atoms with Crippen LogP contribution in [0.25, 0.3) is 21.3 Å². The second kappa shape index (κ2) is 10.3. The minimum atomic E-state index is -0.949. The fourth-order valence-corrected chi connectivity index (χ4v) is 4.31. The van der Waals surface area contributed by atoms with E-state index in [0.29, 0.717) is 48.6 Å². The molecule has 0 radical (unpaired) electrons. The Balaban J connectivity index is 0.00000289. The maximum absolute atomic E-state index is 11.6. The molecule has 32 heavy (non-hydrogen) atoms. The molecule has 1 aliphatic heterocycles. The normalized spacial score (nSPS) is 13.4. The molecule has 1 fully saturated rings. The number of benzene rings is 1. The number of fused-ring (bicyclic) bond motifs is 1. The quantitative estimate of drug-likeness (QED) is 0.380. The van der Waals surface area contributed by atoms with Crippen molar-refractivity contribution < 1.29 is 19.1 Å². The third-order valence-electron chi connectivity index (χ3n) is 4.85. The minimum absolute atomic E-state index is 0. The number of hydrogen-bond donors (Lipinski definition) is 2. The number of primary amides is 1. The van der Waals surface area contributed by atoms with Gasteiger partial charge in [0, 0.05) is 36.2 Å². The first kappa shape index (κ1) is 24.0. The largest absolute Gasteiger partial charge is 0.490 e. The molecule has 2 amide bonds. The number of methoxy groups -OCH3 is 1. The van der Waals surface area contributed by atoms with Crippen LogP contribution in [0.3, 0.4) is 0 Å². The first-order valence-electron chi connectivity index (χ1n) is 9.48. The third kappa shape index (κ3) is 4.88. The van der Waals surface area contributed by atoms with Crippen molar-refractivity contribution in [2.45, 2.75) is 6.04 Å². The molecule has 0 unspecified atom stereocenters. The summed E-state index contributed by atoms with van der Waals surface area (Å²) in [6.07, 6.45) is 0. The molecule has 1 aromatic carbocycles. The lowest BCUT2D eigenvalue weighted by Gasteiger charge is -2.38. The Kier molecular flexibility index (Phi) is 7.73. The molecule has 170 valence electrons. The average molecular weight is 498 g/mol. The molecule has 1 aliphatic rings. The number of likely N-dealkylation sites (tertiary alicyclic amines) is 1. The number of ether oxygens (including phenoxy) is 2. The van der Waals surface area contributed by atoms with E-state index in [4.69, 9.17) is 26.8 Å². The Bertz CT molecular complexity index is 1140. The van der Waals surface area contributed by atoms with Gasteiger partial charge in [-0.1, -0.05) is 11.6 Å². The number of rotatable bonds is 7. The number of carbonyl (C=O) groups excluding carboxylic acids is 2. The maximum Gasteiger partial charge on any atom is 0.311 e. The first-order chi connectivity index (χ1) is 15.0. The molecule has 1 saturated heterocycles. The van der Waals surface area contributed by atoms with E-state index >= 15 is 0 Å². The van der Waals surface area contributed by atoms with Crippen LogP contribution < -0.4 is 15.8 Å². The number of anilines is 1. The van der Waals surface area contributed by atoms with E-state index in [0.717, 1.165) is 15.6 Å². The number of nitrogens with one attached hydrogen (secondary N) is 1. The van der Waals surface area contributed by atoms with Crippen molar-refractivity contribution in [2.75, 3.05) is 38.7 Å². The van der Waals surface area contributed by atoms with Crippen molar-refractivity contribution in [3.05, 3.63) is 34.7 Å². The van der Waals surface area contributed by atoms with Gasteiger partial charge in [-0.05, 0) is 29.6 Å². The van der Waals surface area contributed by atoms with Gasteiger partial charge in [0.2, 0.25) is 0 Å². The predicted molar refractivity (Wildman–Crippen MR) is 126 cm³/mol. The highest BCUT2D eigenvalue weighted by molar-refractivity contribution is 7.17. The van der Waals surface area contributed by atoms with Gasteiger partial charge in [0.05, 0.1) is 17.3 Å². The van der Waals surface area contributed by atoms with Crippen LogP contribution in [-0.2, 0) is 14.3 Å². The number of aromatic nitrogens is 2. The summed E-state index contributed by atoms with van der Waals surface area (Å²) in [5.41, 5.74) is 6.51. The Labute approximate surface area is 199 Å². The molecular weight excluding hydrogens is 477 g/mol. The standard InChI is InChI=1S/C20H20ClN5O4S.ClH/c1-29-5-6-30-15-8-11(21)2-3-13(15)16-14-4-7-31-17(14)19(25-24-16)23-12-9-26(10-12)20(28)18(22)27;/h2-4,7-8,12H,5-6,9-10H2,1H3,(H2,22,27)(H,23,25);1H. The van der Waals surface area contributed by atoms with E-state index < -0.39 is 11.8 Å². The van der Waals surface area contributed by atoms with Gasteiger partial charge in [0.1, 0.15) is 18.1 Å². The molecule has 0 bridgehead atoms. The molecule has 9 nitrogen and oxygen atoms in total. The average Bonchev–Trinajstić information content (AvgIpc) is 3.21. The topological polar surface area (TPSA) is 120 Å². The van der Waals surface area contributed by atoms with Crippen molar-refractivity contribution in [1.82, 2.24) is 15.1 Å². The summed E-state index contributed by atoms with van der Waals surface area (Å²) < 4.78 is 11.8. The molecule has 0 aliphatic carbocycles. The summed E-state index contributed by atoms with van der Waals surface area (Å²) in [4.78, 5) is 24.0. The third-order valence-corrected chi connectivity index (χ3v) is 6.01. The summed E-state index contributed by atoms with van der Waals surface area (Å²) in [6.45, 7) is 1.59. The lowest BCUT2D eigenvalue weighted by molar-refractivity contribution is -0.146. The second-order valence-corrected chi connectivity index (χ2v) is 8.31. The van der Waals surface area contributed by atoms with E-state index in [1.165, 1.54) is 16.2 Å². The number of amides is 2. The molecule has 3 aromatic rings. The Morgan fingerprint density at radius 1 is 1.28 bits per heavy atom. The van der Waals surface area contributed by atoms with Gasteiger partial charge >= 0.3 is 11.8 Å². The number of nitrogens with zero attached hydrogens (tertiary/aromatic N) is 3. The van der Waals surface area contributed by atoms with E-state index in [1.54, 1.807) is 19.2 Å². The fourth-order valence-electron chi connectivity index (χ4n) is 3.30. The second-order valence-electron chi connectivity index (χ2n) is 6.96. The summed E-state index contributed by atoms with van der Waals surface area (Å²) in [5.74, 6) is -0.397. The monoisotopic (exact) mass is 497 g/mol. The molecule has 12 heteroatoms. The van der Waals surface area contributed by atoms with Gasteiger partial charge in [-0.15, -0.1) is 33.9 Å². The zero-order valence-electron chi connectivity index (χ0n) is 17.0. The number of thiophene rings is 1. The molecule has 4 rings (SSSR count). The molecule has 3 heterocycles. The Morgan fingerprint density at radius 3 is 2.78 bits per heavy atom. The van der Waals surface area contributed by atoms with Gasteiger partial charge in [-0.2, -0.15) is 0 Å². The van der Waals surface area contributed by atoms with Gasteiger partial charge in [-0.25, -0.2) is 0 Å². The zero-order chi connectivity index (χ0) is 22.0. The highest BCUT2D eigenvalue weighted by Crippen LogP contribution is 2.38. The molecule has 0 atom stereocenters. The van der Waals surface area contributed by atoms with Crippen molar-refractivity contribution in [1.29, 1.82) is 0 Å². The molecule has 0 spiro atoms. The van der Waals surface area contributed by atoms with E-state index in [2.05, 4.69) is 15.5 Å². The smallest absolute Gasteiger partial charge is 0.311 e. The van der Waals surface area contributed by atoms with Crippen LogP contribution in [0.4, 0.5) is 5.82 Å². The molecule has 2 aromatic heterocycles. The van der Waals surface area contributed by atoms with E-state index in [9.17, 15) is 9.59 Å². The molecular formula is C20H21Cl2N5O4S. The van der Waals surface area contributed by atoms with Gasteiger partial charge in [0.25, 0.3) is 0 Å². The van der Waals surface area contributed by atoms with Crippen molar-refractivity contribution in [3.63, 3.8) is 0 Å². The van der Waals surface area contributed by atoms with Crippen LogP contribution in [-0.4, -0.2) is 66.4 Å². The number of carbonyl (C=O) groups is 2. The van der Waals surface area contributed by atoms with Gasteiger partial charge < -0.3 is 25.4 Å². The number of halogens is 2. The van der Waals surface area contributed by atoms with Crippen molar-refractivity contribution in [2.24, 2.45) is 5.73 Å². The predicted octanol–water partition coefficient (Wildman–Crippen LogP) is 2.57.